The van der Waals surface area contributed by atoms with Gasteiger partial charge in [-0.25, -0.2) is 0 Å². The Balaban J connectivity index is 1.90. The lowest BCUT2D eigenvalue weighted by Crippen LogP contribution is -2.53. The van der Waals surface area contributed by atoms with E-state index in [-0.39, 0.29) is 5.91 Å². The van der Waals surface area contributed by atoms with Crippen LogP contribution in [0.25, 0.3) is 0 Å². The summed E-state index contributed by atoms with van der Waals surface area (Å²) in [6, 6.07) is 8.52. The Morgan fingerprint density at radius 1 is 1.29 bits per heavy atom. The van der Waals surface area contributed by atoms with Gasteiger partial charge in [-0.3, -0.25) is 9.59 Å². The van der Waals surface area contributed by atoms with E-state index in [0.717, 1.165) is 12.0 Å². The molecule has 0 spiro atoms. The molecule has 1 saturated heterocycles. The van der Waals surface area contributed by atoms with Crippen molar-refractivity contribution < 1.29 is 9.59 Å². The maximum Gasteiger partial charge on any atom is 0.239 e. The van der Waals surface area contributed by atoms with E-state index >= 15 is 0 Å². The summed E-state index contributed by atoms with van der Waals surface area (Å²) in [6.45, 7) is 2.16. The van der Waals surface area contributed by atoms with Gasteiger partial charge in [0.15, 0.2) is 0 Å². The van der Waals surface area contributed by atoms with E-state index in [9.17, 15) is 9.59 Å². The average Bonchev–Trinajstić information content (AvgIpc) is 2.55. The van der Waals surface area contributed by atoms with Crippen LogP contribution in [-0.2, 0) is 16.0 Å². The van der Waals surface area contributed by atoms with Gasteiger partial charge >= 0.3 is 0 Å². The van der Waals surface area contributed by atoms with Gasteiger partial charge in [0.25, 0.3) is 0 Å². The fourth-order valence-corrected chi connectivity index (χ4v) is 2.34. The normalized spacial score (nSPS) is 16.2. The van der Waals surface area contributed by atoms with Crippen LogP contribution in [0.15, 0.2) is 24.3 Å². The van der Waals surface area contributed by atoms with Crippen LogP contribution >= 0.6 is 0 Å². The Morgan fingerprint density at radius 3 is 2.43 bits per heavy atom. The van der Waals surface area contributed by atoms with Crippen molar-refractivity contribution in [2.45, 2.75) is 12.5 Å². The van der Waals surface area contributed by atoms with E-state index in [0.29, 0.717) is 38.2 Å². The molecule has 1 heterocycles. The van der Waals surface area contributed by atoms with E-state index in [4.69, 9.17) is 11.0 Å². The summed E-state index contributed by atoms with van der Waals surface area (Å²) in [5.41, 5.74) is 7.50. The second-order valence-corrected chi connectivity index (χ2v) is 5.09. The van der Waals surface area contributed by atoms with Gasteiger partial charge in [0.1, 0.15) is 0 Å². The van der Waals surface area contributed by atoms with Crippen molar-refractivity contribution in [1.29, 1.82) is 5.26 Å². The van der Waals surface area contributed by atoms with Crippen LogP contribution in [0.3, 0.4) is 0 Å². The van der Waals surface area contributed by atoms with Gasteiger partial charge in [0.05, 0.1) is 17.7 Å². The minimum absolute atomic E-state index is 0.0927. The number of nitrogens with zero attached hydrogens (tertiary/aromatic N) is 3. The zero-order valence-electron chi connectivity index (χ0n) is 11.7. The minimum Gasteiger partial charge on any atom is -0.342 e. The van der Waals surface area contributed by atoms with Crippen LogP contribution in [0.4, 0.5) is 0 Å². The van der Waals surface area contributed by atoms with Crippen molar-refractivity contribution in [3.63, 3.8) is 0 Å². The fraction of sp³-hybridized carbons (Fsp3) is 0.400. The number of nitrogens with two attached hydrogens (primary N) is 1. The van der Waals surface area contributed by atoms with Gasteiger partial charge in [0.2, 0.25) is 12.3 Å². The molecular weight excluding hydrogens is 268 g/mol. The summed E-state index contributed by atoms with van der Waals surface area (Å²) in [4.78, 5) is 26.3. The molecule has 2 rings (SSSR count). The number of hydrogen-bond acceptors (Lipinski definition) is 4. The van der Waals surface area contributed by atoms with Crippen LogP contribution in [0.2, 0.25) is 0 Å². The smallest absolute Gasteiger partial charge is 0.239 e. The van der Waals surface area contributed by atoms with Crippen molar-refractivity contribution in [3.8, 4) is 6.07 Å². The lowest BCUT2D eigenvalue weighted by Gasteiger charge is -2.34. The molecule has 1 aliphatic heterocycles. The molecule has 0 aliphatic carbocycles. The first kappa shape index (κ1) is 15.0. The number of carbonyl (C=O) groups excluding carboxylic acids is 2. The molecule has 1 aromatic rings. The number of benzene rings is 1. The number of hydrogen-bond donors (Lipinski definition) is 1. The van der Waals surface area contributed by atoms with Crippen molar-refractivity contribution in [2.75, 3.05) is 26.2 Å². The number of amides is 2. The highest BCUT2D eigenvalue weighted by Gasteiger charge is 2.24. The summed E-state index contributed by atoms with van der Waals surface area (Å²) in [5.74, 6) is -0.0927. The zero-order chi connectivity index (χ0) is 15.2. The maximum absolute atomic E-state index is 12.3. The lowest BCUT2D eigenvalue weighted by molar-refractivity contribution is -0.136. The Hall–Kier alpha value is -2.39. The number of carbonyl (C=O) groups is 2. The SMILES string of the molecule is N#Cc1ccc(CC(N)C(=O)N2CCN(C=O)CC2)cc1. The molecule has 0 bridgehead atoms. The highest BCUT2D eigenvalue weighted by atomic mass is 16.2. The average molecular weight is 286 g/mol. The van der Waals surface area contributed by atoms with E-state index in [1.165, 1.54) is 0 Å². The van der Waals surface area contributed by atoms with Gasteiger partial charge in [-0.2, -0.15) is 5.26 Å². The Morgan fingerprint density at radius 2 is 1.90 bits per heavy atom. The second kappa shape index (κ2) is 6.86. The minimum atomic E-state index is -0.597. The van der Waals surface area contributed by atoms with Gasteiger partial charge in [0, 0.05) is 26.2 Å². The zero-order valence-corrected chi connectivity index (χ0v) is 11.7. The van der Waals surface area contributed by atoms with Crippen molar-refractivity contribution in [2.24, 2.45) is 5.73 Å². The third kappa shape index (κ3) is 3.80. The number of rotatable bonds is 4. The molecule has 6 heteroatoms. The number of nitriles is 1. The molecule has 110 valence electrons. The molecular formula is C15H18N4O2. The summed E-state index contributed by atoms with van der Waals surface area (Å²) in [6.07, 6.45) is 1.25. The molecule has 2 N–H and O–H groups in total. The molecule has 0 radical (unpaired) electrons. The summed E-state index contributed by atoms with van der Waals surface area (Å²) in [7, 11) is 0. The predicted octanol–water partition coefficient (Wildman–Crippen LogP) is -0.271. The number of piperazine rings is 1. The first-order valence-electron chi connectivity index (χ1n) is 6.87. The quantitative estimate of drug-likeness (QED) is 0.771. The third-order valence-electron chi connectivity index (χ3n) is 3.63. The molecule has 0 aromatic heterocycles. The predicted molar refractivity (Wildman–Crippen MR) is 77.1 cm³/mol. The molecule has 6 nitrogen and oxygen atoms in total. The monoisotopic (exact) mass is 286 g/mol. The van der Waals surface area contributed by atoms with E-state index < -0.39 is 6.04 Å². The molecule has 0 saturated carbocycles. The largest absolute Gasteiger partial charge is 0.342 e. The Labute approximate surface area is 123 Å². The fourth-order valence-electron chi connectivity index (χ4n) is 2.34. The van der Waals surface area contributed by atoms with Crippen molar-refractivity contribution in [1.82, 2.24) is 9.80 Å². The second-order valence-electron chi connectivity index (χ2n) is 5.09. The highest BCUT2D eigenvalue weighted by molar-refractivity contribution is 5.82. The molecule has 1 unspecified atom stereocenters. The van der Waals surface area contributed by atoms with Gasteiger partial charge in [-0.1, -0.05) is 12.1 Å². The molecule has 1 aliphatic rings. The summed E-state index contributed by atoms with van der Waals surface area (Å²) < 4.78 is 0. The van der Waals surface area contributed by atoms with Gasteiger partial charge in [-0.05, 0) is 24.1 Å². The molecule has 21 heavy (non-hydrogen) atoms. The maximum atomic E-state index is 12.3. The third-order valence-corrected chi connectivity index (χ3v) is 3.63. The molecule has 1 aromatic carbocycles. The van der Waals surface area contributed by atoms with Crippen LogP contribution < -0.4 is 5.73 Å². The molecule has 1 atom stereocenters. The van der Waals surface area contributed by atoms with E-state index in [1.54, 1.807) is 21.9 Å². The topological polar surface area (TPSA) is 90.4 Å². The van der Waals surface area contributed by atoms with Crippen molar-refractivity contribution >= 4 is 12.3 Å². The van der Waals surface area contributed by atoms with Crippen molar-refractivity contribution in [3.05, 3.63) is 35.4 Å². The van der Waals surface area contributed by atoms with Gasteiger partial charge < -0.3 is 15.5 Å². The Bertz CT molecular complexity index is 542. The van der Waals surface area contributed by atoms with Crippen LogP contribution in [-0.4, -0.2) is 54.3 Å². The highest BCUT2D eigenvalue weighted by Crippen LogP contribution is 2.08. The van der Waals surface area contributed by atoms with Crippen LogP contribution in [0.1, 0.15) is 11.1 Å². The van der Waals surface area contributed by atoms with E-state index in [1.807, 2.05) is 12.1 Å². The molecule has 2 amide bonds. The van der Waals surface area contributed by atoms with Gasteiger partial charge in [-0.15, -0.1) is 0 Å². The van der Waals surface area contributed by atoms with E-state index in [2.05, 4.69) is 6.07 Å². The summed E-state index contributed by atoms with van der Waals surface area (Å²) >= 11 is 0. The lowest BCUT2D eigenvalue weighted by atomic mass is 10.0. The first-order chi connectivity index (χ1) is 10.1. The van der Waals surface area contributed by atoms with Crippen LogP contribution in [0.5, 0.6) is 0 Å². The molecule has 1 fully saturated rings. The standard InChI is InChI=1S/C15H18N4O2/c16-10-13-3-1-12(2-4-13)9-14(17)15(21)19-7-5-18(11-20)6-8-19/h1-4,11,14H,5-9,17H2. The van der Waals surface area contributed by atoms with Crippen LogP contribution in [0, 0.1) is 11.3 Å². The summed E-state index contributed by atoms with van der Waals surface area (Å²) in [5, 5.41) is 8.75. The Kier molecular flexibility index (Phi) is 4.90. The first-order valence-corrected chi connectivity index (χ1v) is 6.87.